The van der Waals surface area contributed by atoms with Crippen LogP contribution in [0.15, 0.2) is 30.3 Å². The second-order valence-corrected chi connectivity index (χ2v) is 6.42. The summed E-state index contributed by atoms with van der Waals surface area (Å²) in [6.45, 7) is 4.03. The average molecular weight is 367 g/mol. The molecule has 8 heteroatoms. The van der Waals surface area contributed by atoms with Gasteiger partial charge in [0.15, 0.2) is 11.5 Å². The van der Waals surface area contributed by atoms with Gasteiger partial charge in [-0.3, -0.25) is 4.90 Å². The Labute approximate surface area is 149 Å². The molecule has 1 saturated heterocycles. The number of carboxylic acid groups (broad SMARTS) is 1. The second kappa shape index (κ2) is 7.34. The molecular weight excluding hydrogens is 351 g/mol. The zero-order valence-electron chi connectivity index (χ0n) is 12.8. The molecule has 0 radical (unpaired) electrons. The molecule has 1 aliphatic heterocycles. The molecule has 24 heavy (non-hydrogen) atoms. The van der Waals surface area contributed by atoms with Gasteiger partial charge >= 0.3 is 5.97 Å². The third kappa shape index (κ3) is 3.95. The molecule has 0 spiro atoms. The van der Waals surface area contributed by atoms with Gasteiger partial charge in [0.1, 0.15) is 0 Å². The number of nitrogens with zero attached hydrogens (tertiary/aromatic N) is 4. The van der Waals surface area contributed by atoms with Gasteiger partial charge in [-0.25, -0.2) is 4.79 Å². The number of hydrogen-bond acceptors (Lipinski definition) is 5. The summed E-state index contributed by atoms with van der Waals surface area (Å²) in [6, 6.07) is 8.66. The number of benzene rings is 1. The van der Waals surface area contributed by atoms with Gasteiger partial charge in [-0.2, -0.15) is 0 Å². The van der Waals surface area contributed by atoms with E-state index < -0.39 is 5.97 Å². The molecule has 1 aromatic carbocycles. The van der Waals surface area contributed by atoms with Gasteiger partial charge in [0.2, 0.25) is 0 Å². The Morgan fingerprint density at radius 2 is 1.83 bits per heavy atom. The SMILES string of the molecule is O=C(O)c1ccc(N2CCN(Cc3cc(Cl)ccc3Cl)CC2)nn1. The lowest BCUT2D eigenvalue weighted by molar-refractivity contribution is 0.0689. The number of rotatable bonds is 4. The second-order valence-electron chi connectivity index (χ2n) is 5.58. The van der Waals surface area contributed by atoms with Gasteiger partial charge in [-0.05, 0) is 35.9 Å². The van der Waals surface area contributed by atoms with Crippen LogP contribution >= 0.6 is 23.2 Å². The number of hydrogen-bond donors (Lipinski definition) is 1. The third-order valence-corrected chi connectivity index (χ3v) is 4.57. The quantitative estimate of drug-likeness (QED) is 0.896. The van der Waals surface area contributed by atoms with Gasteiger partial charge in [0.25, 0.3) is 0 Å². The van der Waals surface area contributed by atoms with Gasteiger partial charge in [-0.15, -0.1) is 10.2 Å². The predicted molar refractivity (Wildman–Crippen MR) is 92.9 cm³/mol. The average Bonchev–Trinajstić information content (AvgIpc) is 2.59. The van der Waals surface area contributed by atoms with Crippen molar-refractivity contribution in [3.05, 3.63) is 51.6 Å². The van der Waals surface area contributed by atoms with E-state index in [0.717, 1.165) is 43.3 Å². The van der Waals surface area contributed by atoms with E-state index in [-0.39, 0.29) is 5.69 Å². The van der Waals surface area contributed by atoms with Crippen LogP contribution in [0.3, 0.4) is 0 Å². The number of aromatic carboxylic acids is 1. The van der Waals surface area contributed by atoms with E-state index in [9.17, 15) is 4.79 Å². The van der Waals surface area contributed by atoms with Crippen LogP contribution in [-0.4, -0.2) is 52.4 Å². The normalized spacial score (nSPS) is 15.5. The lowest BCUT2D eigenvalue weighted by Crippen LogP contribution is -2.46. The summed E-state index contributed by atoms with van der Waals surface area (Å²) in [4.78, 5) is 15.2. The van der Waals surface area contributed by atoms with Crippen molar-refractivity contribution >= 4 is 35.0 Å². The van der Waals surface area contributed by atoms with Crippen LogP contribution in [0.5, 0.6) is 0 Å². The van der Waals surface area contributed by atoms with E-state index in [2.05, 4.69) is 20.0 Å². The molecule has 0 bridgehead atoms. The molecule has 2 aromatic rings. The Kier molecular flexibility index (Phi) is 5.18. The van der Waals surface area contributed by atoms with Crippen LogP contribution in [0.1, 0.15) is 16.1 Å². The van der Waals surface area contributed by atoms with Crippen molar-refractivity contribution in [2.24, 2.45) is 0 Å². The van der Waals surface area contributed by atoms with Gasteiger partial charge < -0.3 is 10.0 Å². The highest BCUT2D eigenvalue weighted by molar-refractivity contribution is 6.33. The van der Waals surface area contributed by atoms with Gasteiger partial charge in [-0.1, -0.05) is 23.2 Å². The molecule has 126 valence electrons. The standard InChI is InChI=1S/C16H16Cl2N4O2/c17-12-1-2-13(18)11(9-12)10-21-5-7-22(8-6-21)15-4-3-14(16(23)24)19-20-15/h1-4,9H,5-8,10H2,(H,23,24). The van der Waals surface area contributed by atoms with E-state index in [0.29, 0.717) is 10.8 Å². The highest BCUT2D eigenvalue weighted by Gasteiger charge is 2.19. The minimum absolute atomic E-state index is 0.0482. The summed E-state index contributed by atoms with van der Waals surface area (Å²) in [6.07, 6.45) is 0. The first-order valence-corrected chi connectivity index (χ1v) is 8.27. The largest absolute Gasteiger partial charge is 0.476 e. The number of aromatic nitrogens is 2. The number of halogens is 2. The number of anilines is 1. The fourth-order valence-electron chi connectivity index (χ4n) is 2.65. The van der Waals surface area contributed by atoms with Crippen LogP contribution in [0, 0.1) is 0 Å². The van der Waals surface area contributed by atoms with Crippen molar-refractivity contribution in [2.45, 2.75) is 6.54 Å². The Morgan fingerprint density at radius 1 is 1.08 bits per heavy atom. The van der Waals surface area contributed by atoms with Crippen LogP contribution in [-0.2, 0) is 6.54 Å². The van der Waals surface area contributed by atoms with Crippen LogP contribution in [0.2, 0.25) is 10.0 Å². The monoisotopic (exact) mass is 366 g/mol. The van der Waals surface area contributed by atoms with Crippen molar-refractivity contribution in [3.8, 4) is 0 Å². The summed E-state index contributed by atoms with van der Waals surface area (Å²) in [5.74, 6) is -0.377. The van der Waals surface area contributed by atoms with Crippen LogP contribution in [0.25, 0.3) is 0 Å². The summed E-state index contributed by atoms with van der Waals surface area (Å²) in [7, 11) is 0. The van der Waals surface area contributed by atoms with E-state index in [1.165, 1.54) is 6.07 Å². The maximum atomic E-state index is 10.8. The van der Waals surface area contributed by atoms with Crippen LogP contribution < -0.4 is 4.90 Å². The molecule has 3 rings (SSSR count). The number of carbonyl (C=O) groups is 1. The maximum absolute atomic E-state index is 10.8. The molecule has 2 heterocycles. The topological polar surface area (TPSA) is 69.6 Å². The predicted octanol–water partition coefficient (Wildman–Crippen LogP) is 2.80. The zero-order chi connectivity index (χ0) is 17.1. The van der Waals surface area contributed by atoms with Crippen molar-refractivity contribution < 1.29 is 9.90 Å². The first kappa shape index (κ1) is 17.0. The summed E-state index contributed by atoms with van der Waals surface area (Å²) >= 11 is 12.2. The fraction of sp³-hybridized carbons (Fsp3) is 0.312. The van der Waals surface area contributed by atoms with E-state index in [4.69, 9.17) is 28.3 Å². The molecular formula is C16H16Cl2N4O2. The van der Waals surface area contributed by atoms with Crippen molar-refractivity contribution in [2.75, 3.05) is 31.1 Å². The van der Waals surface area contributed by atoms with Crippen molar-refractivity contribution in [3.63, 3.8) is 0 Å². The molecule has 0 aliphatic carbocycles. The van der Waals surface area contributed by atoms with E-state index in [1.54, 1.807) is 12.1 Å². The Morgan fingerprint density at radius 3 is 2.46 bits per heavy atom. The number of piperazine rings is 1. The van der Waals surface area contributed by atoms with Gasteiger partial charge in [0.05, 0.1) is 0 Å². The third-order valence-electron chi connectivity index (χ3n) is 3.97. The summed E-state index contributed by atoms with van der Waals surface area (Å²) in [5, 5.41) is 18.0. The van der Waals surface area contributed by atoms with E-state index in [1.807, 2.05) is 12.1 Å². The molecule has 0 amide bonds. The minimum atomic E-state index is -1.07. The Hall–Kier alpha value is -1.89. The lowest BCUT2D eigenvalue weighted by atomic mass is 10.2. The van der Waals surface area contributed by atoms with E-state index >= 15 is 0 Å². The molecule has 1 aromatic heterocycles. The lowest BCUT2D eigenvalue weighted by Gasteiger charge is -2.35. The molecule has 0 unspecified atom stereocenters. The first-order valence-electron chi connectivity index (χ1n) is 7.51. The highest BCUT2D eigenvalue weighted by atomic mass is 35.5. The molecule has 1 N–H and O–H groups in total. The smallest absolute Gasteiger partial charge is 0.356 e. The van der Waals surface area contributed by atoms with Crippen molar-refractivity contribution in [1.29, 1.82) is 0 Å². The number of carboxylic acids is 1. The minimum Gasteiger partial charge on any atom is -0.476 e. The first-order chi connectivity index (χ1) is 11.5. The highest BCUT2D eigenvalue weighted by Crippen LogP contribution is 2.23. The molecule has 6 nitrogen and oxygen atoms in total. The zero-order valence-corrected chi connectivity index (χ0v) is 14.3. The van der Waals surface area contributed by atoms with Crippen LogP contribution in [0.4, 0.5) is 5.82 Å². The maximum Gasteiger partial charge on any atom is 0.356 e. The molecule has 0 saturated carbocycles. The molecule has 1 aliphatic rings. The summed E-state index contributed by atoms with van der Waals surface area (Å²) in [5.41, 5.74) is 0.969. The Bertz CT molecular complexity index is 731. The van der Waals surface area contributed by atoms with Gasteiger partial charge in [0, 0.05) is 42.8 Å². The van der Waals surface area contributed by atoms with Crippen molar-refractivity contribution in [1.82, 2.24) is 15.1 Å². The molecule has 1 fully saturated rings. The summed E-state index contributed by atoms with van der Waals surface area (Å²) < 4.78 is 0. The molecule has 0 atom stereocenters. The fourth-order valence-corrected chi connectivity index (χ4v) is 3.02. The Balaban J connectivity index is 1.59.